The van der Waals surface area contributed by atoms with Crippen LogP contribution in [-0.2, 0) is 11.3 Å². The second kappa shape index (κ2) is 7.80. The molecule has 0 atom stereocenters. The van der Waals surface area contributed by atoms with Crippen molar-refractivity contribution in [3.8, 4) is 5.88 Å². The standard InChI is InChI=1S/C21H21N3O4/c25-18(9-10-24-20(26)16-3-1-2-4-17(16)21(24)27)22-11-15-7-8-19(23-12-15)28-13-14-5-6-14/h1-4,7-8,12,14H,5-6,9-11,13H2,(H,22,25). The highest BCUT2D eigenvalue weighted by molar-refractivity contribution is 6.21. The number of nitrogens with one attached hydrogen (secondary N) is 1. The van der Waals surface area contributed by atoms with Gasteiger partial charge in [0.1, 0.15) is 0 Å². The second-order valence-corrected chi connectivity index (χ2v) is 7.09. The van der Waals surface area contributed by atoms with Crippen LogP contribution in [0.2, 0.25) is 0 Å². The van der Waals surface area contributed by atoms with Crippen molar-refractivity contribution in [3.63, 3.8) is 0 Å². The lowest BCUT2D eigenvalue weighted by Crippen LogP contribution is -2.34. The van der Waals surface area contributed by atoms with Gasteiger partial charge in [0, 0.05) is 31.8 Å². The number of carbonyl (C=O) groups excluding carboxylic acids is 3. The third-order valence-corrected chi connectivity index (χ3v) is 4.89. The van der Waals surface area contributed by atoms with Crippen LogP contribution in [-0.4, -0.2) is 40.8 Å². The molecule has 0 unspecified atom stereocenters. The van der Waals surface area contributed by atoms with Gasteiger partial charge in [0.05, 0.1) is 17.7 Å². The SMILES string of the molecule is O=C(CCN1C(=O)c2ccccc2C1=O)NCc1ccc(OCC2CC2)nc1. The van der Waals surface area contributed by atoms with E-state index in [-0.39, 0.29) is 30.7 Å². The van der Waals surface area contributed by atoms with Crippen molar-refractivity contribution >= 4 is 17.7 Å². The van der Waals surface area contributed by atoms with E-state index in [0.717, 1.165) is 10.5 Å². The first-order valence-corrected chi connectivity index (χ1v) is 9.41. The summed E-state index contributed by atoms with van der Waals surface area (Å²) in [6.07, 6.45) is 4.18. The van der Waals surface area contributed by atoms with E-state index < -0.39 is 0 Å². The van der Waals surface area contributed by atoms with Gasteiger partial charge in [-0.3, -0.25) is 19.3 Å². The maximum absolute atomic E-state index is 12.3. The highest BCUT2D eigenvalue weighted by Gasteiger charge is 2.34. The maximum atomic E-state index is 12.3. The molecule has 1 aliphatic carbocycles. The van der Waals surface area contributed by atoms with E-state index >= 15 is 0 Å². The molecule has 0 radical (unpaired) electrons. The van der Waals surface area contributed by atoms with Crippen LogP contribution in [0.3, 0.4) is 0 Å². The average Bonchev–Trinajstić information content (AvgIpc) is 3.52. The zero-order chi connectivity index (χ0) is 19.5. The summed E-state index contributed by atoms with van der Waals surface area (Å²) in [4.78, 5) is 42.0. The molecule has 0 saturated heterocycles. The van der Waals surface area contributed by atoms with Crippen LogP contribution >= 0.6 is 0 Å². The molecule has 7 nitrogen and oxygen atoms in total. The third-order valence-electron chi connectivity index (χ3n) is 4.89. The van der Waals surface area contributed by atoms with Crippen molar-refractivity contribution < 1.29 is 19.1 Å². The Bertz CT molecular complexity index is 871. The van der Waals surface area contributed by atoms with Gasteiger partial charge < -0.3 is 10.1 Å². The zero-order valence-electron chi connectivity index (χ0n) is 15.4. The Hall–Kier alpha value is -3.22. The smallest absolute Gasteiger partial charge is 0.261 e. The van der Waals surface area contributed by atoms with E-state index in [9.17, 15) is 14.4 Å². The molecule has 1 N–H and O–H groups in total. The number of ether oxygens (including phenoxy) is 1. The summed E-state index contributed by atoms with van der Waals surface area (Å²) in [5.74, 6) is 0.333. The van der Waals surface area contributed by atoms with Gasteiger partial charge in [0.25, 0.3) is 11.8 Å². The third kappa shape index (κ3) is 4.03. The predicted octanol–water partition coefficient (Wildman–Crippen LogP) is 2.17. The minimum Gasteiger partial charge on any atom is -0.477 e. The summed E-state index contributed by atoms with van der Waals surface area (Å²) in [6.45, 7) is 1.10. The van der Waals surface area contributed by atoms with E-state index in [2.05, 4.69) is 10.3 Å². The lowest BCUT2D eigenvalue weighted by Gasteiger charge is -2.13. The molecule has 2 heterocycles. The van der Waals surface area contributed by atoms with Gasteiger partial charge in [-0.15, -0.1) is 0 Å². The van der Waals surface area contributed by atoms with Crippen LogP contribution in [0.4, 0.5) is 0 Å². The molecule has 1 aliphatic heterocycles. The topological polar surface area (TPSA) is 88.6 Å². The highest BCUT2D eigenvalue weighted by Crippen LogP contribution is 2.29. The highest BCUT2D eigenvalue weighted by atomic mass is 16.5. The summed E-state index contributed by atoms with van der Waals surface area (Å²) in [7, 11) is 0. The summed E-state index contributed by atoms with van der Waals surface area (Å²) < 4.78 is 5.58. The van der Waals surface area contributed by atoms with Gasteiger partial charge in [0.2, 0.25) is 11.8 Å². The normalized spacial score (nSPS) is 15.5. The first-order valence-electron chi connectivity index (χ1n) is 9.41. The number of hydrogen-bond acceptors (Lipinski definition) is 5. The van der Waals surface area contributed by atoms with Gasteiger partial charge in [-0.25, -0.2) is 4.98 Å². The lowest BCUT2D eigenvalue weighted by molar-refractivity contribution is -0.121. The second-order valence-electron chi connectivity index (χ2n) is 7.09. The number of benzene rings is 1. The Labute approximate surface area is 162 Å². The van der Waals surface area contributed by atoms with Gasteiger partial charge >= 0.3 is 0 Å². The van der Waals surface area contributed by atoms with E-state index in [0.29, 0.717) is 36.1 Å². The molecule has 28 heavy (non-hydrogen) atoms. The fourth-order valence-corrected chi connectivity index (χ4v) is 3.03. The van der Waals surface area contributed by atoms with Crippen LogP contribution in [0.5, 0.6) is 5.88 Å². The summed E-state index contributed by atoms with van der Waals surface area (Å²) in [5.41, 5.74) is 1.64. The van der Waals surface area contributed by atoms with E-state index in [1.54, 1.807) is 36.5 Å². The van der Waals surface area contributed by atoms with Crippen molar-refractivity contribution in [2.24, 2.45) is 5.92 Å². The van der Waals surface area contributed by atoms with E-state index in [1.165, 1.54) is 12.8 Å². The molecule has 2 aliphatic rings. The molecule has 1 fully saturated rings. The molecule has 0 spiro atoms. The van der Waals surface area contributed by atoms with E-state index in [4.69, 9.17) is 4.74 Å². The van der Waals surface area contributed by atoms with Crippen molar-refractivity contribution in [2.45, 2.75) is 25.8 Å². The Morgan fingerprint density at radius 3 is 2.43 bits per heavy atom. The number of fused-ring (bicyclic) bond motifs is 1. The summed E-state index contributed by atoms with van der Waals surface area (Å²) in [6, 6.07) is 10.3. The number of amides is 3. The van der Waals surface area contributed by atoms with Crippen molar-refractivity contribution in [1.29, 1.82) is 0 Å². The number of aromatic nitrogens is 1. The number of imide groups is 1. The fourth-order valence-electron chi connectivity index (χ4n) is 3.03. The first-order chi connectivity index (χ1) is 13.6. The fraction of sp³-hybridized carbons (Fsp3) is 0.333. The van der Waals surface area contributed by atoms with Gasteiger partial charge in [-0.05, 0) is 36.5 Å². The number of carbonyl (C=O) groups is 3. The Kier molecular flexibility index (Phi) is 5.06. The average molecular weight is 379 g/mol. The predicted molar refractivity (Wildman–Crippen MR) is 101 cm³/mol. The van der Waals surface area contributed by atoms with Gasteiger partial charge in [-0.2, -0.15) is 0 Å². The summed E-state index contributed by atoms with van der Waals surface area (Å²) >= 11 is 0. The van der Waals surface area contributed by atoms with Gasteiger partial charge in [-0.1, -0.05) is 18.2 Å². The molecule has 7 heteroatoms. The number of rotatable bonds is 8. The lowest BCUT2D eigenvalue weighted by atomic mass is 10.1. The zero-order valence-corrected chi connectivity index (χ0v) is 15.4. The minimum absolute atomic E-state index is 0.0570. The maximum Gasteiger partial charge on any atom is 0.261 e. The van der Waals surface area contributed by atoms with Crippen LogP contribution in [0.25, 0.3) is 0 Å². The Morgan fingerprint density at radius 1 is 1.11 bits per heavy atom. The van der Waals surface area contributed by atoms with Crippen LogP contribution in [0.15, 0.2) is 42.6 Å². The molecule has 3 amide bonds. The molecule has 4 rings (SSSR count). The molecular weight excluding hydrogens is 358 g/mol. The van der Waals surface area contributed by atoms with Crippen molar-refractivity contribution in [2.75, 3.05) is 13.2 Å². The first kappa shape index (κ1) is 18.2. The minimum atomic E-state index is -0.348. The molecule has 0 bridgehead atoms. The number of pyridine rings is 1. The molecule has 2 aromatic rings. The monoisotopic (exact) mass is 379 g/mol. The van der Waals surface area contributed by atoms with Crippen LogP contribution < -0.4 is 10.1 Å². The molecular formula is C21H21N3O4. The quantitative estimate of drug-likeness (QED) is 0.710. The van der Waals surface area contributed by atoms with E-state index in [1.807, 2.05) is 6.07 Å². The van der Waals surface area contributed by atoms with Gasteiger partial charge in [0.15, 0.2) is 0 Å². The summed E-state index contributed by atoms with van der Waals surface area (Å²) in [5, 5.41) is 2.78. The van der Waals surface area contributed by atoms with Crippen molar-refractivity contribution in [3.05, 3.63) is 59.3 Å². The number of hydrogen-bond donors (Lipinski definition) is 1. The molecule has 1 saturated carbocycles. The Morgan fingerprint density at radius 2 is 1.82 bits per heavy atom. The molecule has 144 valence electrons. The largest absolute Gasteiger partial charge is 0.477 e. The molecule has 1 aromatic carbocycles. The van der Waals surface area contributed by atoms with Crippen molar-refractivity contribution in [1.82, 2.24) is 15.2 Å². The number of nitrogens with zero attached hydrogens (tertiary/aromatic N) is 2. The van der Waals surface area contributed by atoms with Crippen LogP contribution in [0, 0.1) is 5.92 Å². The van der Waals surface area contributed by atoms with Crippen LogP contribution in [0.1, 0.15) is 45.5 Å². The molecule has 1 aromatic heterocycles. The Balaban J connectivity index is 1.23.